The third kappa shape index (κ3) is 4.13. The first-order valence-electron chi connectivity index (χ1n) is 9.87. The highest BCUT2D eigenvalue weighted by molar-refractivity contribution is 6.34. The summed E-state index contributed by atoms with van der Waals surface area (Å²) in [6, 6.07) is 9.82. The number of piperazine rings is 1. The van der Waals surface area contributed by atoms with E-state index in [1.54, 1.807) is 37.4 Å². The molecular formula is C22H22ClFN4O3. The number of benzene rings is 1. The molecule has 0 radical (unpaired) electrons. The highest BCUT2D eigenvalue weighted by Crippen LogP contribution is 2.35. The van der Waals surface area contributed by atoms with Gasteiger partial charge in [0.25, 0.3) is 0 Å². The van der Waals surface area contributed by atoms with Crippen LogP contribution in [0.15, 0.2) is 36.4 Å². The van der Waals surface area contributed by atoms with Crippen molar-refractivity contribution in [1.29, 1.82) is 0 Å². The van der Waals surface area contributed by atoms with Crippen LogP contribution in [0.1, 0.15) is 12.6 Å². The molecule has 1 atom stereocenters. The molecular weight excluding hydrogens is 423 g/mol. The minimum absolute atomic E-state index is 0.0941. The summed E-state index contributed by atoms with van der Waals surface area (Å²) in [4.78, 5) is 24.2. The molecule has 1 aliphatic heterocycles. The molecule has 0 spiro atoms. The normalized spacial score (nSPS) is 16.7. The molecule has 7 nitrogen and oxygen atoms in total. The lowest BCUT2D eigenvalue weighted by atomic mass is 10.1. The first-order chi connectivity index (χ1) is 14.9. The zero-order valence-corrected chi connectivity index (χ0v) is 17.9. The molecule has 0 aliphatic carbocycles. The molecule has 162 valence electrons. The Bertz CT molecular complexity index is 1140. The maximum Gasteiger partial charge on any atom is 0.407 e. The number of methoxy groups -OCH3 is 1. The fraction of sp³-hybridized carbons (Fsp3) is 0.318. The van der Waals surface area contributed by atoms with E-state index in [2.05, 4.69) is 9.88 Å². The maximum atomic E-state index is 14.4. The van der Waals surface area contributed by atoms with Crippen LogP contribution >= 0.6 is 11.6 Å². The molecule has 3 heterocycles. The average Bonchev–Trinajstić information content (AvgIpc) is 2.74. The van der Waals surface area contributed by atoms with Crippen LogP contribution in [0.5, 0.6) is 0 Å². The van der Waals surface area contributed by atoms with E-state index in [1.165, 1.54) is 11.0 Å². The number of nitrogens with zero attached hydrogens (tertiary/aromatic N) is 4. The monoisotopic (exact) mass is 444 g/mol. The van der Waals surface area contributed by atoms with Crippen LogP contribution in [0.3, 0.4) is 0 Å². The van der Waals surface area contributed by atoms with Gasteiger partial charge in [0.05, 0.1) is 28.5 Å². The van der Waals surface area contributed by atoms with Gasteiger partial charge in [-0.1, -0.05) is 23.7 Å². The number of hydrogen-bond acceptors (Lipinski definition) is 5. The number of ether oxygens (including phenoxy) is 1. The van der Waals surface area contributed by atoms with Gasteiger partial charge in [-0.05, 0) is 31.2 Å². The first-order valence-corrected chi connectivity index (χ1v) is 10.3. The predicted molar refractivity (Wildman–Crippen MR) is 117 cm³/mol. The SMILES string of the molecule is COCc1cc2nc(-c3ccccc3F)c(Cl)cc2c(N2CCN(C(=O)O)CC2C)n1. The van der Waals surface area contributed by atoms with Gasteiger partial charge in [0.15, 0.2) is 0 Å². The summed E-state index contributed by atoms with van der Waals surface area (Å²) in [6.07, 6.45) is -0.934. The van der Waals surface area contributed by atoms with Crippen LogP contribution < -0.4 is 4.90 Å². The van der Waals surface area contributed by atoms with Crippen molar-refractivity contribution in [2.45, 2.75) is 19.6 Å². The van der Waals surface area contributed by atoms with Gasteiger partial charge in [-0.25, -0.2) is 19.2 Å². The topological polar surface area (TPSA) is 78.8 Å². The van der Waals surface area contributed by atoms with Crippen LogP contribution in [0.4, 0.5) is 15.0 Å². The van der Waals surface area contributed by atoms with Crippen LogP contribution in [-0.2, 0) is 11.3 Å². The van der Waals surface area contributed by atoms with Crippen molar-refractivity contribution >= 4 is 34.4 Å². The molecule has 1 amide bonds. The second kappa shape index (κ2) is 8.64. The summed E-state index contributed by atoms with van der Waals surface area (Å²) in [5.74, 6) is 0.262. The fourth-order valence-electron chi connectivity index (χ4n) is 3.91. The molecule has 1 N–H and O–H groups in total. The third-order valence-electron chi connectivity index (χ3n) is 5.39. The Balaban J connectivity index is 1.85. The number of halogens is 2. The van der Waals surface area contributed by atoms with Crippen LogP contribution in [0.25, 0.3) is 22.2 Å². The Morgan fingerprint density at radius 1 is 1.29 bits per heavy atom. The Morgan fingerprint density at radius 2 is 2.06 bits per heavy atom. The van der Waals surface area contributed by atoms with Crippen LogP contribution in [-0.4, -0.2) is 58.9 Å². The maximum absolute atomic E-state index is 14.4. The zero-order valence-electron chi connectivity index (χ0n) is 17.2. The van der Waals surface area contributed by atoms with Crippen molar-refractivity contribution in [3.63, 3.8) is 0 Å². The van der Waals surface area contributed by atoms with E-state index < -0.39 is 11.9 Å². The summed E-state index contributed by atoms with van der Waals surface area (Å²) in [6.45, 7) is 3.45. The summed E-state index contributed by atoms with van der Waals surface area (Å²) in [5, 5.41) is 10.4. The molecule has 0 saturated carbocycles. The fourth-order valence-corrected chi connectivity index (χ4v) is 4.16. The van der Waals surface area contributed by atoms with E-state index in [-0.39, 0.29) is 12.6 Å². The van der Waals surface area contributed by atoms with Crippen molar-refractivity contribution in [3.05, 3.63) is 52.9 Å². The molecule has 1 unspecified atom stereocenters. The van der Waals surface area contributed by atoms with Crippen molar-refractivity contribution in [3.8, 4) is 11.3 Å². The van der Waals surface area contributed by atoms with Gasteiger partial charge >= 0.3 is 6.09 Å². The molecule has 0 bridgehead atoms. The molecule has 31 heavy (non-hydrogen) atoms. The minimum Gasteiger partial charge on any atom is -0.465 e. The summed E-state index contributed by atoms with van der Waals surface area (Å²) in [5.41, 5.74) is 1.97. The van der Waals surface area contributed by atoms with E-state index in [0.717, 1.165) is 5.39 Å². The van der Waals surface area contributed by atoms with Gasteiger partial charge < -0.3 is 19.6 Å². The predicted octanol–water partition coefficient (Wildman–Crippen LogP) is 4.42. The molecule has 1 fully saturated rings. The highest BCUT2D eigenvalue weighted by atomic mass is 35.5. The lowest BCUT2D eigenvalue weighted by molar-refractivity contribution is 0.136. The van der Waals surface area contributed by atoms with Crippen molar-refractivity contribution in [1.82, 2.24) is 14.9 Å². The third-order valence-corrected chi connectivity index (χ3v) is 5.68. The van der Waals surface area contributed by atoms with Crippen molar-refractivity contribution in [2.75, 3.05) is 31.6 Å². The number of aromatic nitrogens is 2. The second-order valence-electron chi connectivity index (χ2n) is 7.51. The van der Waals surface area contributed by atoms with Gasteiger partial charge in [0, 0.05) is 43.7 Å². The number of anilines is 1. The molecule has 3 aromatic rings. The summed E-state index contributed by atoms with van der Waals surface area (Å²) in [7, 11) is 1.58. The Morgan fingerprint density at radius 3 is 2.74 bits per heavy atom. The Kier molecular flexibility index (Phi) is 5.93. The summed E-state index contributed by atoms with van der Waals surface area (Å²) >= 11 is 6.54. The van der Waals surface area contributed by atoms with Gasteiger partial charge in [0.2, 0.25) is 0 Å². The number of pyridine rings is 2. The molecule has 1 saturated heterocycles. The smallest absolute Gasteiger partial charge is 0.407 e. The van der Waals surface area contributed by atoms with E-state index in [4.69, 9.17) is 21.3 Å². The largest absolute Gasteiger partial charge is 0.465 e. The standard InChI is InChI=1S/C22H22ClFN4O3/c1-13-11-27(22(29)30)7-8-28(13)21-16-10-17(23)20(15-5-3-4-6-18(15)24)26-19(16)9-14(25-21)12-31-2/h3-6,9-10,13H,7-8,11-12H2,1-2H3,(H,29,30). The van der Waals surface area contributed by atoms with Gasteiger partial charge in [-0.3, -0.25) is 0 Å². The second-order valence-corrected chi connectivity index (χ2v) is 7.91. The molecule has 2 aromatic heterocycles. The molecule has 1 aliphatic rings. The highest BCUT2D eigenvalue weighted by Gasteiger charge is 2.29. The van der Waals surface area contributed by atoms with Crippen molar-refractivity contribution < 1.29 is 19.0 Å². The molecule has 1 aromatic carbocycles. The number of fused-ring (bicyclic) bond motifs is 1. The van der Waals surface area contributed by atoms with E-state index >= 15 is 0 Å². The molecule has 4 rings (SSSR count). The van der Waals surface area contributed by atoms with E-state index in [9.17, 15) is 14.3 Å². The van der Waals surface area contributed by atoms with E-state index in [0.29, 0.717) is 52.9 Å². The Hall–Kier alpha value is -2.97. The quantitative estimate of drug-likeness (QED) is 0.641. The summed E-state index contributed by atoms with van der Waals surface area (Å²) < 4.78 is 19.7. The minimum atomic E-state index is -0.934. The van der Waals surface area contributed by atoms with Gasteiger partial charge in [0.1, 0.15) is 11.6 Å². The van der Waals surface area contributed by atoms with Gasteiger partial charge in [-0.2, -0.15) is 0 Å². The van der Waals surface area contributed by atoms with Crippen LogP contribution in [0.2, 0.25) is 5.02 Å². The van der Waals surface area contributed by atoms with E-state index in [1.807, 2.05) is 6.92 Å². The first kappa shape index (κ1) is 21.3. The molecule has 9 heteroatoms. The van der Waals surface area contributed by atoms with Crippen LogP contribution in [0, 0.1) is 5.82 Å². The average molecular weight is 445 g/mol. The number of carboxylic acid groups (broad SMARTS) is 1. The van der Waals surface area contributed by atoms with Gasteiger partial charge in [-0.15, -0.1) is 0 Å². The zero-order chi connectivity index (χ0) is 22.1. The van der Waals surface area contributed by atoms with Crippen molar-refractivity contribution in [2.24, 2.45) is 0 Å². The Labute approximate surface area is 184 Å². The lowest BCUT2D eigenvalue weighted by Gasteiger charge is -2.39. The number of carbonyl (C=O) groups is 1. The number of amides is 1. The number of hydrogen-bond donors (Lipinski definition) is 1. The lowest BCUT2D eigenvalue weighted by Crippen LogP contribution is -2.53. The number of rotatable bonds is 4.